The van der Waals surface area contributed by atoms with Crippen molar-refractivity contribution in [2.24, 2.45) is 11.3 Å². The van der Waals surface area contributed by atoms with Crippen molar-refractivity contribution in [3.8, 4) is 0 Å². The number of carbonyl (C=O) groups is 2. The normalized spacial score (nSPS) is 14.7. The van der Waals surface area contributed by atoms with Gasteiger partial charge in [0.05, 0.1) is 11.1 Å². The number of aryl methyl sites for hydroxylation is 2. The second-order valence-electron chi connectivity index (χ2n) is 12.5. The highest BCUT2D eigenvalue weighted by Gasteiger charge is 2.45. The first-order chi connectivity index (χ1) is 17.4. The molecule has 2 aromatic carbocycles. The molecule has 2 aromatic rings. The minimum absolute atomic E-state index is 0.117. The van der Waals surface area contributed by atoms with Crippen molar-refractivity contribution in [3.05, 3.63) is 69.3 Å². The molecule has 0 aliphatic heterocycles. The van der Waals surface area contributed by atoms with Crippen molar-refractivity contribution in [3.63, 3.8) is 0 Å². The van der Waals surface area contributed by atoms with Crippen molar-refractivity contribution >= 4 is 19.0 Å². The largest absolute Gasteiger partial charge is 0.417 e. The quantitative estimate of drug-likeness (QED) is 0.244. The molecular formula is C30H37F6O2P. The van der Waals surface area contributed by atoms with Gasteiger partial charge in [-0.15, -0.1) is 0 Å². The van der Waals surface area contributed by atoms with E-state index in [1.165, 1.54) is 0 Å². The molecule has 0 aliphatic carbocycles. The molecule has 0 aromatic heterocycles. The molecule has 0 amide bonds. The van der Waals surface area contributed by atoms with Crippen molar-refractivity contribution in [1.29, 1.82) is 0 Å². The molecule has 0 spiro atoms. The van der Waals surface area contributed by atoms with Crippen LogP contribution in [0, 0.1) is 25.2 Å². The SMILES string of the molecule is Cc1cc(C(C)(C)C)cc(C)c1C(=O)P(CC(C)CC(C)(C)C)C(=O)c1c(C(F)(F)F)cccc1C(F)(F)F. The van der Waals surface area contributed by atoms with Gasteiger partial charge >= 0.3 is 12.4 Å². The Labute approximate surface area is 228 Å². The average molecular weight is 575 g/mol. The highest BCUT2D eigenvalue weighted by Crippen LogP contribution is 2.51. The Bertz CT molecular complexity index is 1170. The van der Waals surface area contributed by atoms with Crippen LogP contribution in [-0.4, -0.2) is 17.2 Å². The average Bonchev–Trinajstić information content (AvgIpc) is 2.72. The van der Waals surface area contributed by atoms with Gasteiger partial charge in [0.2, 0.25) is 0 Å². The van der Waals surface area contributed by atoms with Gasteiger partial charge < -0.3 is 0 Å². The lowest BCUT2D eigenvalue weighted by Crippen LogP contribution is -2.23. The summed E-state index contributed by atoms with van der Waals surface area (Å²) in [6, 6.07) is 5.15. The lowest BCUT2D eigenvalue weighted by atomic mass is 9.84. The van der Waals surface area contributed by atoms with E-state index in [-0.39, 0.29) is 28.5 Å². The maximum atomic E-state index is 14.0. The van der Waals surface area contributed by atoms with Crippen LogP contribution in [0.3, 0.4) is 0 Å². The zero-order valence-corrected chi connectivity index (χ0v) is 24.8. The smallest absolute Gasteiger partial charge is 0.289 e. The molecule has 0 fully saturated rings. The molecular weight excluding hydrogens is 537 g/mol. The second-order valence-corrected chi connectivity index (χ2v) is 14.6. The summed E-state index contributed by atoms with van der Waals surface area (Å²) in [6.07, 6.45) is -10.0. The van der Waals surface area contributed by atoms with Crippen molar-refractivity contribution in [1.82, 2.24) is 0 Å². The number of hydrogen-bond acceptors (Lipinski definition) is 2. The highest BCUT2D eigenvalue weighted by atomic mass is 31.1. The summed E-state index contributed by atoms with van der Waals surface area (Å²) >= 11 is 0. The first-order valence-electron chi connectivity index (χ1n) is 12.7. The van der Waals surface area contributed by atoms with E-state index in [2.05, 4.69) is 0 Å². The van der Waals surface area contributed by atoms with Gasteiger partial charge in [-0.3, -0.25) is 9.59 Å². The van der Waals surface area contributed by atoms with Gasteiger partial charge in [-0.2, -0.15) is 26.3 Å². The van der Waals surface area contributed by atoms with E-state index in [0.29, 0.717) is 35.7 Å². The Balaban J connectivity index is 2.81. The number of rotatable bonds is 7. The summed E-state index contributed by atoms with van der Waals surface area (Å²) < 4.78 is 83.6. The maximum absolute atomic E-state index is 14.0. The van der Waals surface area contributed by atoms with Gasteiger partial charge in [0.25, 0.3) is 0 Å². The van der Waals surface area contributed by atoms with Crippen molar-refractivity contribution in [2.75, 3.05) is 6.16 Å². The number of alkyl halides is 6. The molecule has 0 saturated carbocycles. The number of halogens is 6. The van der Waals surface area contributed by atoms with E-state index in [1.54, 1.807) is 32.9 Å². The minimum Gasteiger partial charge on any atom is -0.289 e. The molecule has 2 rings (SSSR count). The second kappa shape index (κ2) is 11.3. The van der Waals surface area contributed by atoms with Gasteiger partial charge in [-0.25, -0.2) is 0 Å². The number of benzene rings is 2. The van der Waals surface area contributed by atoms with Crippen LogP contribution in [-0.2, 0) is 17.8 Å². The highest BCUT2D eigenvalue weighted by molar-refractivity contribution is 7.90. The molecule has 2 nitrogen and oxygen atoms in total. The fourth-order valence-corrected chi connectivity index (χ4v) is 7.34. The van der Waals surface area contributed by atoms with E-state index in [9.17, 15) is 35.9 Å². The monoisotopic (exact) mass is 574 g/mol. The summed E-state index contributed by atoms with van der Waals surface area (Å²) in [6.45, 7) is 16.9. The molecule has 2 unspecified atom stereocenters. The fourth-order valence-electron chi connectivity index (χ4n) is 4.94. The van der Waals surface area contributed by atoms with Crippen molar-refractivity contribution in [2.45, 2.75) is 86.5 Å². The first kappa shape index (κ1) is 33.0. The van der Waals surface area contributed by atoms with Crippen LogP contribution in [0.2, 0.25) is 0 Å². The third-order valence-corrected chi connectivity index (χ3v) is 8.86. The molecule has 216 valence electrons. The van der Waals surface area contributed by atoms with E-state index in [0.717, 1.165) is 5.56 Å². The van der Waals surface area contributed by atoms with Crippen LogP contribution < -0.4 is 0 Å². The van der Waals surface area contributed by atoms with Gasteiger partial charge in [-0.1, -0.05) is 66.7 Å². The van der Waals surface area contributed by atoms with Crippen LogP contribution in [0.25, 0.3) is 0 Å². The van der Waals surface area contributed by atoms with Crippen LogP contribution in [0.4, 0.5) is 26.3 Å². The minimum atomic E-state index is -5.21. The van der Waals surface area contributed by atoms with Crippen molar-refractivity contribution < 1.29 is 35.9 Å². The Morgan fingerprint density at radius 2 is 1.18 bits per heavy atom. The predicted molar refractivity (Wildman–Crippen MR) is 145 cm³/mol. The Kier molecular flexibility index (Phi) is 9.60. The van der Waals surface area contributed by atoms with Gasteiger partial charge in [0.1, 0.15) is 0 Å². The number of carbonyl (C=O) groups excluding carboxylic acids is 2. The Morgan fingerprint density at radius 1 is 0.769 bits per heavy atom. The number of hydrogen-bond donors (Lipinski definition) is 0. The third kappa shape index (κ3) is 8.15. The van der Waals surface area contributed by atoms with Gasteiger partial charge in [0.15, 0.2) is 11.0 Å². The summed E-state index contributed by atoms with van der Waals surface area (Å²) in [5.41, 5.74) is -5.23. The predicted octanol–water partition coefficient (Wildman–Crippen LogP) is 10.2. The Morgan fingerprint density at radius 3 is 1.54 bits per heavy atom. The molecule has 0 N–H and O–H groups in total. The molecule has 0 aliphatic rings. The Hall–Kier alpha value is -2.21. The maximum Gasteiger partial charge on any atom is 0.417 e. The van der Waals surface area contributed by atoms with Gasteiger partial charge in [0, 0.05) is 19.0 Å². The van der Waals surface area contributed by atoms with E-state index < -0.39 is 48.0 Å². The van der Waals surface area contributed by atoms with Crippen LogP contribution in [0.5, 0.6) is 0 Å². The summed E-state index contributed by atoms with van der Waals surface area (Å²) in [5, 5.41) is 0. The van der Waals surface area contributed by atoms with Gasteiger partial charge in [-0.05, 0) is 72.0 Å². The molecule has 0 bridgehead atoms. The molecule has 9 heteroatoms. The third-order valence-electron chi connectivity index (χ3n) is 6.45. The van der Waals surface area contributed by atoms with E-state index in [4.69, 9.17) is 0 Å². The molecule has 0 heterocycles. The van der Waals surface area contributed by atoms with Crippen LogP contribution in [0.1, 0.15) is 103 Å². The first-order valence-corrected chi connectivity index (χ1v) is 14.2. The topological polar surface area (TPSA) is 34.1 Å². The molecule has 2 atom stereocenters. The lowest BCUT2D eigenvalue weighted by molar-refractivity contribution is -0.143. The standard InChI is InChI=1S/C30H37F6O2P/c1-17(15-27(4,5)6)16-39(25(37)23-18(2)13-20(14-19(23)3)28(7,8)9)26(38)24-21(29(31,32)33)11-10-12-22(24)30(34,35)36/h10-14,17H,15-16H2,1-9H3. The van der Waals surface area contributed by atoms with E-state index >= 15 is 0 Å². The fraction of sp³-hybridized carbons (Fsp3) is 0.533. The lowest BCUT2D eigenvalue weighted by Gasteiger charge is -2.28. The summed E-state index contributed by atoms with van der Waals surface area (Å²) in [5.74, 6) is -0.300. The molecule has 39 heavy (non-hydrogen) atoms. The molecule has 0 saturated heterocycles. The van der Waals surface area contributed by atoms with Crippen LogP contribution >= 0.6 is 7.92 Å². The van der Waals surface area contributed by atoms with Crippen LogP contribution in [0.15, 0.2) is 30.3 Å². The zero-order valence-electron chi connectivity index (χ0n) is 23.9. The van der Waals surface area contributed by atoms with E-state index in [1.807, 2.05) is 41.5 Å². The summed E-state index contributed by atoms with van der Waals surface area (Å²) in [7, 11) is -2.60. The molecule has 0 radical (unpaired) electrons. The zero-order chi connectivity index (χ0) is 30.3. The summed E-state index contributed by atoms with van der Waals surface area (Å²) in [4.78, 5) is 27.9.